The van der Waals surface area contributed by atoms with Crippen molar-refractivity contribution in [3.05, 3.63) is 12.2 Å². The van der Waals surface area contributed by atoms with E-state index >= 15 is 0 Å². The van der Waals surface area contributed by atoms with Crippen molar-refractivity contribution in [3.63, 3.8) is 0 Å². The summed E-state index contributed by atoms with van der Waals surface area (Å²) in [5.74, 6) is 0. The summed E-state index contributed by atoms with van der Waals surface area (Å²) in [6, 6.07) is 0. The number of carbonyl (C=O) groups excluding carboxylic acids is 1. The van der Waals surface area contributed by atoms with Gasteiger partial charge in [-0.05, 0) is 13.3 Å². The maximum atomic E-state index is 9.65. The van der Waals surface area contributed by atoms with Crippen LogP contribution in [0, 0.1) is 0 Å². The van der Waals surface area contributed by atoms with Gasteiger partial charge in [0.1, 0.15) is 0 Å². The third-order valence-electron chi connectivity index (χ3n) is 0.779. The summed E-state index contributed by atoms with van der Waals surface area (Å²) >= 11 is 0. The Morgan fingerprint density at radius 1 is 1.88 bits per heavy atom. The molecule has 0 heterocycles. The van der Waals surface area contributed by atoms with E-state index in [0.29, 0.717) is 13.0 Å². The van der Waals surface area contributed by atoms with Crippen LogP contribution in [0.4, 0.5) is 0 Å². The fraction of sp³-hybridized carbons (Fsp3) is 0.500. The molecule has 0 rings (SSSR count). The molecular weight excluding hydrogens is 102 g/mol. The fourth-order valence-corrected chi connectivity index (χ4v) is 0.344. The summed E-state index contributed by atoms with van der Waals surface area (Å²) in [6.07, 6.45) is 1.57. The molecule has 1 amide bonds. The molecule has 0 aromatic heterocycles. The molecule has 8 heavy (non-hydrogen) atoms. The van der Waals surface area contributed by atoms with E-state index in [-0.39, 0.29) is 0 Å². The van der Waals surface area contributed by atoms with Crippen LogP contribution in [0.3, 0.4) is 0 Å². The number of nitrogens with one attached hydrogen (secondary N) is 1. The van der Waals surface area contributed by atoms with E-state index in [2.05, 4.69) is 11.9 Å². The highest BCUT2D eigenvalue weighted by Crippen LogP contribution is 1.90. The second-order valence-electron chi connectivity index (χ2n) is 1.78. The normalized spacial score (nSPS) is 8.12. The zero-order chi connectivity index (χ0) is 6.41. The summed E-state index contributed by atoms with van der Waals surface area (Å²) < 4.78 is 0. The number of rotatable bonds is 4. The number of hydrogen-bond acceptors (Lipinski definition) is 1. The fourth-order valence-electron chi connectivity index (χ4n) is 0.344. The molecule has 0 aliphatic rings. The lowest BCUT2D eigenvalue weighted by atomic mass is 10.2. The van der Waals surface area contributed by atoms with Crippen molar-refractivity contribution in [2.75, 3.05) is 6.54 Å². The molecule has 46 valence electrons. The highest BCUT2D eigenvalue weighted by molar-refractivity contribution is 5.45. The first kappa shape index (κ1) is 7.21. The van der Waals surface area contributed by atoms with Gasteiger partial charge in [0, 0.05) is 6.54 Å². The molecule has 2 heteroatoms. The van der Waals surface area contributed by atoms with E-state index in [1.54, 1.807) is 0 Å². The molecule has 0 atom stereocenters. The maximum Gasteiger partial charge on any atom is 0.207 e. The predicted molar refractivity (Wildman–Crippen MR) is 33.5 cm³/mol. The van der Waals surface area contributed by atoms with Crippen LogP contribution in [0.5, 0.6) is 0 Å². The number of amides is 1. The van der Waals surface area contributed by atoms with Crippen LogP contribution in [0.2, 0.25) is 0 Å². The van der Waals surface area contributed by atoms with Crippen LogP contribution < -0.4 is 5.32 Å². The standard InChI is InChI=1S/C6H11NO/c1-6(2)3-4-7-5-8/h5H,1,3-4H2,2H3,(H,7,8). The monoisotopic (exact) mass is 113 g/mol. The van der Waals surface area contributed by atoms with E-state index < -0.39 is 0 Å². The third-order valence-corrected chi connectivity index (χ3v) is 0.779. The summed E-state index contributed by atoms with van der Waals surface area (Å²) in [7, 11) is 0. The lowest BCUT2D eigenvalue weighted by Gasteiger charge is -1.94. The first-order chi connectivity index (χ1) is 3.77. The molecule has 0 aromatic carbocycles. The van der Waals surface area contributed by atoms with Gasteiger partial charge in [0.25, 0.3) is 0 Å². The Hall–Kier alpha value is -0.790. The van der Waals surface area contributed by atoms with Crippen molar-refractivity contribution in [3.8, 4) is 0 Å². The summed E-state index contributed by atoms with van der Waals surface area (Å²) in [4.78, 5) is 9.65. The van der Waals surface area contributed by atoms with E-state index in [9.17, 15) is 4.79 Å². The second kappa shape index (κ2) is 4.37. The Morgan fingerprint density at radius 2 is 2.50 bits per heavy atom. The van der Waals surface area contributed by atoms with Gasteiger partial charge < -0.3 is 5.32 Å². The van der Waals surface area contributed by atoms with Gasteiger partial charge in [-0.2, -0.15) is 0 Å². The molecule has 0 saturated carbocycles. The van der Waals surface area contributed by atoms with Crippen molar-refractivity contribution >= 4 is 6.41 Å². The van der Waals surface area contributed by atoms with Gasteiger partial charge in [0.2, 0.25) is 6.41 Å². The Balaban J connectivity index is 2.93. The molecule has 0 aliphatic heterocycles. The minimum absolute atomic E-state index is 0.697. The average Bonchev–Trinajstić information content (AvgIpc) is 1.66. The summed E-state index contributed by atoms with van der Waals surface area (Å²) in [6.45, 7) is 6.32. The Labute approximate surface area is 49.6 Å². The predicted octanol–water partition coefficient (Wildman–Crippen LogP) is 0.699. The summed E-state index contributed by atoms with van der Waals surface area (Å²) in [5.41, 5.74) is 1.10. The van der Waals surface area contributed by atoms with Gasteiger partial charge in [-0.3, -0.25) is 4.79 Å². The smallest absolute Gasteiger partial charge is 0.207 e. The Kier molecular flexibility index (Phi) is 3.94. The topological polar surface area (TPSA) is 29.1 Å². The van der Waals surface area contributed by atoms with Crippen LogP contribution in [0.25, 0.3) is 0 Å². The van der Waals surface area contributed by atoms with Crippen LogP contribution in [-0.4, -0.2) is 13.0 Å². The van der Waals surface area contributed by atoms with Crippen LogP contribution in [0.15, 0.2) is 12.2 Å². The lowest BCUT2D eigenvalue weighted by Crippen LogP contribution is -2.11. The Morgan fingerprint density at radius 3 is 2.88 bits per heavy atom. The van der Waals surface area contributed by atoms with E-state index in [1.165, 1.54) is 0 Å². The van der Waals surface area contributed by atoms with Crippen molar-refractivity contribution < 1.29 is 4.79 Å². The SMILES string of the molecule is C=C(C)CCNC=O. The van der Waals surface area contributed by atoms with E-state index in [0.717, 1.165) is 12.0 Å². The van der Waals surface area contributed by atoms with Crippen LogP contribution in [0.1, 0.15) is 13.3 Å². The highest BCUT2D eigenvalue weighted by Gasteiger charge is 1.82. The molecule has 1 N–H and O–H groups in total. The lowest BCUT2D eigenvalue weighted by molar-refractivity contribution is -0.109. The van der Waals surface area contributed by atoms with E-state index in [1.807, 2.05) is 6.92 Å². The molecule has 0 aromatic rings. The minimum atomic E-state index is 0.697. The van der Waals surface area contributed by atoms with Gasteiger partial charge >= 0.3 is 0 Å². The highest BCUT2D eigenvalue weighted by atomic mass is 16.1. The zero-order valence-corrected chi connectivity index (χ0v) is 5.11. The van der Waals surface area contributed by atoms with Crippen molar-refractivity contribution in [2.45, 2.75) is 13.3 Å². The van der Waals surface area contributed by atoms with Crippen LogP contribution >= 0.6 is 0 Å². The third kappa shape index (κ3) is 5.21. The number of hydrogen-bond donors (Lipinski definition) is 1. The second-order valence-corrected chi connectivity index (χ2v) is 1.78. The largest absolute Gasteiger partial charge is 0.358 e. The molecule has 2 nitrogen and oxygen atoms in total. The van der Waals surface area contributed by atoms with E-state index in [4.69, 9.17) is 0 Å². The van der Waals surface area contributed by atoms with Gasteiger partial charge in [-0.1, -0.05) is 5.57 Å². The maximum absolute atomic E-state index is 9.65. The van der Waals surface area contributed by atoms with Gasteiger partial charge in [0.05, 0.1) is 0 Å². The van der Waals surface area contributed by atoms with Crippen molar-refractivity contribution in [1.82, 2.24) is 5.32 Å². The molecule has 0 saturated heterocycles. The molecule has 0 radical (unpaired) electrons. The van der Waals surface area contributed by atoms with Crippen LogP contribution in [-0.2, 0) is 4.79 Å². The van der Waals surface area contributed by atoms with Crippen molar-refractivity contribution in [2.24, 2.45) is 0 Å². The first-order valence-corrected chi connectivity index (χ1v) is 2.59. The zero-order valence-electron chi connectivity index (χ0n) is 5.11. The molecule has 0 aliphatic carbocycles. The minimum Gasteiger partial charge on any atom is -0.358 e. The molecular formula is C6H11NO. The van der Waals surface area contributed by atoms with Gasteiger partial charge in [0.15, 0.2) is 0 Å². The average molecular weight is 113 g/mol. The first-order valence-electron chi connectivity index (χ1n) is 2.59. The van der Waals surface area contributed by atoms with Gasteiger partial charge in [-0.15, -0.1) is 6.58 Å². The van der Waals surface area contributed by atoms with Crippen molar-refractivity contribution in [1.29, 1.82) is 0 Å². The molecule has 0 unspecified atom stereocenters. The number of carbonyl (C=O) groups is 1. The molecule has 0 fully saturated rings. The van der Waals surface area contributed by atoms with Gasteiger partial charge in [-0.25, -0.2) is 0 Å². The quantitative estimate of drug-likeness (QED) is 0.324. The molecule has 0 bridgehead atoms. The molecule has 0 spiro atoms. The summed E-state index contributed by atoms with van der Waals surface area (Å²) in [5, 5.41) is 2.54. The Bertz CT molecular complexity index is 88.5.